The van der Waals surface area contributed by atoms with Crippen LogP contribution in [0.4, 0.5) is 11.4 Å². The fourth-order valence-corrected chi connectivity index (χ4v) is 1.53. The molecule has 0 aliphatic heterocycles. The van der Waals surface area contributed by atoms with Gasteiger partial charge >= 0.3 is 0 Å². The Kier molecular flexibility index (Phi) is 4.03. The van der Waals surface area contributed by atoms with E-state index in [-0.39, 0.29) is 11.6 Å². The highest BCUT2D eigenvalue weighted by atomic mass is 16.6. The Labute approximate surface area is 99.2 Å². The molecule has 0 bridgehead atoms. The molecule has 0 aliphatic carbocycles. The highest BCUT2D eigenvalue weighted by Gasteiger charge is 2.20. The van der Waals surface area contributed by atoms with Crippen molar-refractivity contribution in [2.75, 3.05) is 12.4 Å². The number of rotatable bonds is 4. The summed E-state index contributed by atoms with van der Waals surface area (Å²) < 4.78 is 0. The average Bonchev–Trinajstić information content (AvgIpc) is 2.27. The van der Waals surface area contributed by atoms with Crippen molar-refractivity contribution in [1.82, 2.24) is 5.32 Å². The van der Waals surface area contributed by atoms with Gasteiger partial charge in [0.25, 0.3) is 5.69 Å². The fraction of sp³-hybridized carbons (Fsp3) is 0.364. The molecule has 0 heterocycles. The molecule has 92 valence electrons. The molecule has 0 saturated carbocycles. The van der Waals surface area contributed by atoms with Crippen LogP contribution in [0.15, 0.2) is 18.2 Å². The first-order valence-corrected chi connectivity index (χ1v) is 5.19. The summed E-state index contributed by atoms with van der Waals surface area (Å²) in [4.78, 5) is 21.8. The lowest BCUT2D eigenvalue weighted by atomic mass is 10.1. The summed E-state index contributed by atoms with van der Waals surface area (Å²) in [5, 5.41) is 16.2. The van der Waals surface area contributed by atoms with Crippen molar-refractivity contribution in [3.05, 3.63) is 33.9 Å². The standard InChI is InChI=1S/C11H15N3O3/c1-7-5-4-6-9(10(7)14(16)17)13-8(2)11(15)12-3/h4-6,8,13H,1-3H3,(H,12,15). The largest absolute Gasteiger partial charge is 0.368 e. The van der Waals surface area contributed by atoms with Crippen LogP contribution in [0.25, 0.3) is 0 Å². The number of likely N-dealkylation sites (N-methyl/N-ethyl adjacent to an activating group) is 1. The Morgan fingerprint density at radius 2 is 2.12 bits per heavy atom. The Morgan fingerprint density at radius 1 is 1.47 bits per heavy atom. The minimum Gasteiger partial charge on any atom is -0.368 e. The molecule has 1 rings (SSSR count). The van der Waals surface area contributed by atoms with E-state index in [1.807, 2.05) is 0 Å². The van der Waals surface area contributed by atoms with Crippen molar-refractivity contribution in [3.8, 4) is 0 Å². The van der Waals surface area contributed by atoms with E-state index in [4.69, 9.17) is 0 Å². The van der Waals surface area contributed by atoms with Gasteiger partial charge in [0.15, 0.2) is 0 Å². The third-order valence-corrected chi connectivity index (χ3v) is 2.43. The zero-order valence-corrected chi connectivity index (χ0v) is 9.98. The maximum atomic E-state index is 11.3. The van der Waals surface area contributed by atoms with Crippen molar-refractivity contribution in [3.63, 3.8) is 0 Å². The van der Waals surface area contributed by atoms with Gasteiger partial charge in [-0.3, -0.25) is 14.9 Å². The lowest BCUT2D eigenvalue weighted by molar-refractivity contribution is -0.384. The van der Waals surface area contributed by atoms with E-state index in [1.165, 1.54) is 7.05 Å². The molecule has 1 aromatic carbocycles. The van der Waals surface area contributed by atoms with Gasteiger partial charge in [-0.05, 0) is 19.9 Å². The van der Waals surface area contributed by atoms with Crippen molar-refractivity contribution in [1.29, 1.82) is 0 Å². The van der Waals surface area contributed by atoms with Gasteiger partial charge in [0, 0.05) is 12.6 Å². The second-order valence-electron chi connectivity index (χ2n) is 3.71. The Bertz CT molecular complexity index is 446. The third-order valence-electron chi connectivity index (χ3n) is 2.43. The van der Waals surface area contributed by atoms with E-state index < -0.39 is 11.0 Å². The van der Waals surface area contributed by atoms with Crippen LogP contribution in [0.1, 0.15) is 12.5 Å². The average molecular weight is 237 g/mol. The number of nitrogens with one attached hydrogen (secondary N) is 2. The van der Waals surface area contributed by atoms with E-state index in [0.29, 0.717) is 11.3 Å². The molecule has 6 nitrogen and oxygen atoms in total. The second-order valence-corrected chi connectivity index (χ2v) is 3.71. The van der Waals surface area contributed by atoms with Crippen molar-refractivity contribution < 1.29 is 9.72 Å². The molecule has 1 atom stereocenters. The Balaban J connectivity index is 3.02. The lowest BCUT2D eigenvalue weighted by Gasteiger charge is -2.14. The molecule has 0 radical (unpaired) electrons. The van der Waals surface area contributed by atoms with Crippen molar-refractivity contribution in [2.45, 2.75) is 19.9 Å². The van der Waals surface area contributed by atoms with Crippen molar-refractivity contribution in [2.24, 2.45) is 0 Å². The summed E-state index contributed by atoms with van der Waals surface area (Å²) in [6.45, 7) is 3.30. The topological polar surface area (TPSA) is 84.3 Å². The molecule has 0 saturated heterocycles. The van der Waals surface area contributed by atoms with E-state index >= 15 is 0 Å². The molecule has 1 amide bonds. The third kappa shape index (κ3) is 2.93. The number of carbonyl (C=O) groups excluding carboxylic acids is 1. The summed E-state index contributed by atoms with van der Waals surface area (Å²) in [6.07, 6.45) is 0. The molecular formula is C11H15N3O3. The monoisotopic (exact) mass is 237 g/mol. The van der Waals surface area contributed by atoms with Gasteiger partial charge in [0.05, 0.1) is 4.92 Å². The van der Waals surface area contributed by atoms with Crippen LogP contribution in [-0.2, 0) is 4.79 Å². The molecule has 17 heavy (non-hydrogen) atoms. The quantitative estimate of drug-likeness (QED) is 0.613. The van der Waals surface area contributed by atoms with E-state index in [0.717, 1.165) is 0 Å². The van der Waals surface area contributed by atoms with Crippen LogP contribution in [0.5, 0.6) is 0 Å². The SMILES string of the molecule is CNC(=O)C(C)Nc1cccc(C)c1[N+](=O)[O-]. The highest BCUT2D eigenvalue weighted by Crippen LogP contribution is 2.28. The van der Waals surface area contributed by atoms with Crippen LogP contribution in [-0.4, -0.2) is 23.9 Å². The van der Waals surface area contributed by atoms with Gasteiger partial charge in [-0.15, -0.1) is 0 Å². The van der Waals surface area contributed by atoms with Gasteiger partial charge < -0.3 is 10.6 Å². The molecule has 0 aromatic heterocycles. The number of nitro benzene ring substituents is 1. The lowest BCUT2D eigenvalue weighted by Crippen LogP contribution is -2.35. The molecule has 2 N–H and O–H groups in total. The molecule has 0 fully saturated rings. The number of para-hydroxylation sites is 1. The molecular weight excluding hydrogens is 222 g/mol. The van der Waals surface area contributed by atoms with E-state index in [9.17, 15) is 14.9 Å². The molecule has 0 spiro atoms. The molecule has 1 unspecified atom stereocenters. The zero-order chi connectivity index (χ0) is 13.0. The predicted molar refractivity (Wildman–Crippen MR) is 65.0 cm³/mol. The first-order chi connectivity index (χ1) is 7.97. The molecule has 6 heteroatoms. The maximum absolute atomic E-state index is 11.3. The summed E-state index contributed by atoms with van der Waals surface area (Å²) >= 11 is 0. The number of nitro groups is 1. The maximum Gasteiger partial charge on any atom is 0.295 e. The van der Waals surface area contributed by atoms with Crippen LogP contribution in [0.2, 0.25) is 0 Å². The fourth-order valence-electron chi connectivity index (χ4n) is 1.53. The summed E-state index contributed by atoms with van der Waals surface area (Å²) in [6, 6.07) is 4.43. The minimum absolute atomic E-state index is 0.00301. The zero-order valence-electron chi connectivity index (χ0n) is 9.98. The first-order valence-electron chi connectivity index (χ1n) is 5.19. The smallest absolute Gasteiger partial charge is 0.295 e. The molecule has 0 aliphatic rings. The van der Waals surface area contributed by atoms with Gasteiger partial charge in [0.1, 0.15) is 11.7 Å². The number of aryl methyl sites for hydroxylation is 1. The predicted octanol–water partition coefficient (Wildman–Crippen LogP) is 1.45. The number of carbonyl (C=O) groups is 1. The molecule has 1 aromatic rings. The second kappa shape index (κ2) is 5.29. The van der Waals surface area contributed by atoms with Crippen LogP contribution < -0.4 is 10.6 Å². The highest BCUT2D eigenvalue weighted by molar-refractivity contribution is 5.85. The van der Waals surface area contributed by atoms with E-state index in [1.54, 1.807) is 32.0 Å². The summed E-state index contributed by atoms with van der Waals surface area (Å²) in [7, 11) is 1.52. The van der Waals surface area contributed by atoms with Gasteiger partial charge in [0.2, 0.25) is 5.91 Å². The van der Waals surface area contributed by atoms with Gasteiger partial charge in [-0.2, -0.15) is 0 Å². The van der Waals surface area contributed by atoms with Crippen LogP contribution in [0, 0.1) is 17.0 Å². The Morgan fingerprint density at radius 3 is 2.65 bits per heavy atom. The van der Waals surface area contributed by atoms with Crippen LogP contribution >= 0.6 is 0 Å². The number of amides is 1. The van der Waals surface area contributed by atoms with Gasteiger partial charge in [-0.25, -0.2) is 0 Å². The summed E-state index contributed by atoms with van der Waals surface area (Å²) in [5.41, 5.74) is 0.915. The van der Waals surface area contributed by atoms with Crippen LogP contribution in [0.3, 0.4) is 0 Å². The normalized spacial score (nSPS) is 11.7. The first kappa shape index (κ1) is 13.0. The minimum atomic E-state index is -0.527. The summed E-state index contributed by atoms with van der Waals surface area (Å²) in [5.74, 6) is -0.221. The Hall–Kier alpha value is -2.11. The number of nitrogens with zero attached hydrogens (tertiary/aromatic N) is 1. The number of hydrogen-bond acceptors (Lipinski definition) is 4. The van der Waals surface area contributed by atoms with Crippen molar-refractivity contribution >= 4 is 17.3 Å². The van der Waals surface area contributed by atoms with E-state index in [2.05, 4.69) is 10.6 Å². The number of hydrogen-bond donors (Lipinski definition) is 2. The number of anilines is 1. The van der Waals surface area contributed by atoms with Gasteiger partial charge in [-0.1, -0.05) is 12.1 Å². The number of benzene rings is 1.